The maximum Gasteiger partial charge on any atom is 0.335 e. The Morgan fingerprint density at radius 1 is 1.16 bits per heavy atom. The number of hydrogen-bond donors (Lipinski definition) is 0. The van der Waals surface area contributed by atoms with Crippen LogP contribution in [0.25, 0.3) is 11.3 Å². The van der Waals surface area contributed by atoms with Crippen molar-refractivity contribution < 1.29 is 28.1 Å². The van der Waals surface area contributed by atoms with Gasteiger partial charge in [0, 0.05) is 17.5 Å². The zero-order chi connectivity index (χ0) is 22.1. The lowest BCUT2D eigenvalue weighted by Gasteiger charge is -2.45. The molecule has 2 unspecified atom stereocenters. The molecule has 2 saturated heterocycles. The van der Waals surface area contributed by atoms with E-state index in [9.17, 15) is 9.18 Å². The smallest absolute Gasteiger partial charge is 0.335 e. The minimum absolute atomic E-state index is 0.250. The first-order valence-electron chi connectivity index (χ1n) is 10.4. The fraction of sp³-hybridized carbons (Fsp3) is 0.348. The van der Waals surface area contributed by atoms with Gasteiger partial charge in [0.15, 0.2) is 12.4 Å². The monoisotopic (exact) mass is 439 g/mol. The van der Waals surface area contributed by atoms with Crippen molar-refractivity contribution in [2.75, 3.05) is 13.7 Å². The highest BCUT2D eigenvalue weighted by atomic mass is 19.1. The van der Waals surface area contributed by atoms with Crippen LogP contribution in [0.15, 0.2) is 60.8 Å². The normalized spacial score (nSPS) is 27.5. The quantitative estimate of drug-likeness (QED) is 0.578. The second-order valence-electron chi connectivity index (χ2n) is 7.76. The van der Waals surface area contributed by atoms with Crippen LogP contribution in [0.1, 0.15) is 24.3 Å². The van der Waals surface area contributed by atoms with Gasteiger partial charge in [0.25, 0.3) is 0 Å². The van der Waals surface area contributed by atoms with Crippen LogP contribution in [-0.4, -0.2) is 53.0 Å². The Morgan fingerprint density at radius 2 is 2.00 bits per heavy atom. The minimum Gasteiger partial charge on any atom is -0.467 e. The minimum atomic E-state index is -0.784. The molecule has 0 aliphatic carbocycles. The van der Waals surface area contributed by atoms with Gasteiger partial charge < -0.3 is 18.9 Å². The fourth-order valence-electron chi connectivity index (χ4n) is 4.17. The standard InChI is InChI=1S/C23H22FN3O5/c1-29-22(28)19-11-18(27-12-17(25-26-27)15-8-5-9-16(24)10-15)21-20(31-19)13-30-23(32-21)14-6-3-2-4-7-14/h2-10,12,18-21,23H,11,13H2,1H3/t18-,19?,20-,21-,23?/m1/s1. The van der Waals surface area contributed by atoms with Crippen molar-refractivity contribution >= 4 is 5.97 Å². The lowest BCUT2D eigenvalue weighted by molar-refractivity contribution is -0.298. The van der Waals surface area contributed by atoms with E-state index in [2.05, 4.69) is 10.3 Å². The van der Waals surface area contributed by atoms with Crippen molar-refractivity contribution in [2.24, 2.45) is 0 Å². The molecule has 0 N–H and O–H groups in total. The Bertz CT molecular complexity index is 1090. The van der Waals surface area contributed by atoms with E-state index in [0.29, 0.717) is 17.7 Å². The molecule has 5 rings (SSSR count). The molecule has 0 amide bonds. The van der Waals surface area contributed by atoms with Crippen LogP contribution < -0.4 is 0 Å². The summed E-state index contributed by atoms with van der Waals surface area (Å²) in [7, 11) is 1.32. The third kappa shape index (κ3) is 4.02. The Hall–Kier alpha value is -3.14. The lowest BCUT2D eigenvalue weighted by atomic mass is 9.94. The first kappa shape index (κ1) is 20.7. The number of esters is 1. The van der Waals surface area contributed by atoms with E-state index in [4.69, 9.17) is 18.9 Å². The second kappa shape index (κ2) is 8.78. The number of benzene rings is 2. The Balaban J connectivity index is 1.45. The van der Waals surface area contributed by atoms with E-state index in [1.807, 2.05) is 30.3 Å². The van der Waals surface area contributed by atoms with Crippen LogP contribution in [0, 0.1) is 5.82 Å². The van der Waals surface area contributed by atoms with Gasteiger partial charge in [-0.1, -0.05) is 47.7 Å². The van der Waals surface area contributed by atoms with Crippen molar-refractivity contribution in [3.05, 3.63) is 72.2 Å². The van der Waals surface area contributed by atoms with Crippen molar-refractivity contribution in [1.29, 1.82) is 0 Å². The molecule has 9 heteroatoms. The second-order valence-corrected chi connectivity index (χ2v) is 7.76. The summed E-state index contributed by atoms with van der Waals surface area (Å²) < 4.78 is 38.3. The third-order valence-corrected chi connectivity index (χ3v) is 5.74. The highest BCUT2D eigenvalue weighted by Crippen LogP contribution is 2.39. The van der Waals surface area contributed by atoms with Gasteiger partial charge in [-0.15, -0.1) is 5.10 Å². The number of ether oxygens (including phenoxy) is 4. The maximum absolute atomic E-state index is 13.7. The van der Waals surface area contributed by atoms with Crippen molar-refractivity contribution in [1.82, 2.24) is 15.0 Å². The Labute approximate surface area is 183 Å². The predicted molar refractivity (Wildman–Crippen MR) is 110 cm³/mol. The number of hydrogen-bond acceptors (Lipinski definition) is 7. The van der Waals surface area contributed by atoms with E-state index in [-0.39, 0.29) is 18.5 Å². The van der Waals surface area contributed by atoms with E-state index in [1.165, 1.54) is 19.2 Å². The molecule has 2 aromatic carbocycles. The first-order chi connectivity index (χ1) is 15.6. The van der Waals surface area contributed by atoms with Gasteiger partial charge in [0.05, 0.1) is 26.0 Å². The summed E-state index contributed by atoms with van der Waals surface area (Å²) in [6, 6.07) is 15.4. The summed E-state index contributed by atoms with van der Waals surface area (Å²) in [4.78, 5) is 12.3. The number of aromatic nitrogens is 3. The molecular weight excluding hydrogens is 417 g/mol. The Kier molecular flexibility index (Phi) is 5.69. The Morgan fingerprint density at radius 3 is 2.78 bits per heavy atom. The SMILES string of the molecule is COC(=O)C1C[C@@H](n2cc(-c3cccc(F)c3)nn2)[C@H]2OC(c3ccccc3)OC[C@H]2O1. The van der Waals surface area contributed by atoms with Crippen LogP contribution in [0.5, 0.6) is 0 Å². The molecule has 0 saturated carbocycles. The number of rotatable bonds is 4. The van der Waals surface area contributed by atoms with Crippen LogP contribution in [0.3, 0.4) is 0 Å². The van der Waals surface area contributed by atoms with E-state index < -0.39 is 30.6 Å². The molecule has 0 radical (unpaired) electrons. The molecule has 3 heterocycles. The van der Waals surface area contributed by atoms with Gasteiger partial charge in [-0.05, 0) is 12.1 Å². The van der Waals surface area contributed by atoms with Gasteiger partial charge in [-0.3, -0.25) is 0 Å². The molecule has 1 aromatic heterocycles. The maximum atomic E-state index is 13.7. The number of methoxy groups -OCH3 is 1. The first-order valence-corrected chi connectivity index (χ1v) is 10.4. The zero-order valence-corrected chi connectivity index (χ0v) is 17.3. The van der Waals surface area contributed by atoms with Crippen LogP contribution in [0.4, 0.5) is 4.39 Å². The van der Waals surface area contributed by atoms with E-state index in [1.54, 1.807) is 23.0 Å². The van der Waals surface area contributed by atoms with Crippen LogP contribution in [0.2, 0.25) is 0 Å². The van der Waals surface area contributed by atoms with Gasteiger partial charge in [-0.2, -0.15) is 0 Å². The number of carbonyl (C=O) groups is 1. The number of nitrogens with zero attached hydrogens (tertiary/aromatic N) is 3. The third-order valence-electron chi connectivity index (χ3n) is 5.74. The molecular formula is C23H22FN3O5. The summed E-state index contributed by atoms with van der Waals surface area (Å²) in [6.07, 6.45) is -0.247. The summed E-state index contributed by atoms with van der Waals surface area (Å²) in [6.45, 7) is 0.250. The molecule has 32 heavy (non-hydrogen) atoms. The molecule has 2 aliphatic rings. The van der Waals surface area contributed by atoms with Crippen molar-refractivity contribution in [3.63, 3.8) is 0 Å². The largest absolute Gasteiger partial charge is 0.467 e. The van der Waals surface area contributed by atoms with Gasteiger partial charge in [-0.25, -0.2) is 13.9 Å². The number of fused-ring (bicyclic) bond motifs is 1. The van der Waals surface area contributed by atoms with Gasteiger partial charge in [0.2, 0.25) is 0 Å². The molecule has 5 atom stereocenters. The molecule has 2 fully saturated rings. The summed E-state index contributed by atoms with van der Waals surface area (Å²) in [5, 5.41) is 8.48. The predicted octanol–water partition coefficient (Wildman–Crippen LogP) is 3.07. The highest BCUT2D eigenvalue weighted by molar-refractivity contribution is 5.74. The highest BCUT2D eigenvalue weighted by Gasteiger charge is 2.47. The zero-order valence-electron chi connectivity index (χ0n) is 17.3. The molecule has 2 aliphatic heterocycles. The van der Waals surface area contributed by atoms with Crippen LogP contribution >= 0.6 is 0 Å². The lowest BCUT2D eigenvalue weighted by Crippen LogP contribution is -2.54. The molecule has 8 nitrogen and oxygen atoms in total. The summed E-state index contributed by atoms with van der Waals surface area (Å²) in [5.41, 5.74) is 2.02. The molecule has 0 spiro atoms. The fourth-order valence-corrected chi connectivity index (χ4v) is 4.17. The van der Waals surface area contributed by atoms with E-state index >= 15 is 0 Å². The molecule has 3 aromatic rings. The van der Waals surface area contributed by atoms with Crippen LogP contribution in [-0.2, 0) is 23.7 Å². The van der Waals surface area contributed by atoms with Gasteiger partial charge >= 0.3 is 5.97 Å². The summed E-state index contributed by atoms with van der Waals surface area (Å²) in [5.74, 6) is -0.823. The molecule has 0 bridgehead atoms. The molecule has 166 valence electrons. The number of halogens is 1. The van der Waals surface area contributed by atoms with Crippen molar-refractivity contribution in [3.8, 4) is 11.3 Å². The topological polar surface area (TPSA) is 84.7 Å². The van der Waals surface area contributed by atoms with Crippen molar-refractivity contribution in [2.45, 2.75) is 37.1 Å². The summed E-state index contributed by atoms with van der Waals surface area (Å²) >= 11 is 0. The van der Waals surface area contributed by atoms with E-state index in [0.717, 1.165) is 5.56 Å². The average molecular weight is 439 g/mol. The van der Waals surface area contributed by atoms with Gasteiger partial charge in [0.1, 0.15) is 23.7 Å². The average Bonchev–Trinajstić information content (AvgIpc) is 3.33. The number of carbonyl (C=O) groups excluding carboxylic acids is 1.